The van der Waals surface area contributed by atoms with E-state index >= 15 is 0 Å². The lowest BCUT2D eigenvalue weighted by atomic mass is 10.1. The van der Waals surface area contributed by atoms with Crippen molar-refractivity contribution in [3.63, 3.8) is 0 Å². The lowest BCUT2D eigenvalue weighted by Gasteiger charge is -2.14. The first-order valence-electron chi connectivity index (χ1n) is 10.0. The summed E-state index contributed by atoms with van der Waals surface area (Å²) in [6, 6.07) is 17.3. The molecule has 0 atom stereocenters. The molecule has 4 aromatic rings. The molecule has 0 bridgehead atoms. The number of hydrogen-bond acceptors (Lipinski definition) is 5. The standard InChI is InChI=1S/C24H20BrFN4O2S/c1-14-7-10-20(15(2)11-14)30-23(17-5-3-4-6-21(17)31)28-29-24(30)33-13-22(32)27-19-9-8-16(25)12-18(19)26/h3-12,31H,13H2,1-2H3,(H,27,32). The lowest BCUT2D eigenvalue weighted by Crippen LogP contribution is -2.15. The quantitative estimate of drug-likeness (QED) is 0.306. The van der Waals surface area contributed by atoms with Gasteiger partial charge in [-0.15, -0.1) is 10.2 Å². The van der Waals surface area contributed by atoms with Crippen molar-refractivity contribution in [1.82, 2.24) is 14.8 Å². The van der Waals surface area contributed by atoms with Gasteiger partial charge in [0.15, 0.2) is 11.0 Å². The lowest BCUT2D eigenvalue weighted by molar-refractivity contribution is -0.113. The number of aryl methyl sites for hydroxylation is 2. The highest BCUT2D eigenvalue weighted by Gasteiger charge is 2.20. The fraction of sp³-hybridized carbons (Fsp3) is 0.125. The summed E-state index contributed by atoms with van der Waals surface area (Å²) < 4.78 is 16.5. The molecule has 0 fully saturated rings. The normalized spacial score (nSPS) is 10.9. The van der Waals surface area contributed by atoms with Gasteiger partial charge in [0.25, 0.3) is 0 Å². The number of halogens is 2. The number of phenolic OH excluding ortho intramolecular Hbond substituents is 1. The number of amides is 1. The number of phenols is 1. The minimum Gasteiger partial charge on any atom is -0.507 e. The van der Waals surface area contributed by atoms with Crippen molar-refractivity contribution in [3.8, 4) is 22.8 Å². The van der Waals surface area contributed by atoms with E-state index in [4.69, 9.17) is 0 Å². The second-order valence-electron chi connectivity index (χ2n) is 7.41. The highest BCUT2D eigenvalue weighted by Crippen LogP contribution is 2.33. The average molecular weight is 527 g/mol. The van der Waals surface area contributed by atoms with Crippen molar-refractivity contribution in [2.75, 3.05) is 11.1 Å². The minimum atomic E-state index is -0.525. The zero-order valence-electron chi connectivity index (χ0n) is 17.8. The number of carbonyl (C=O) groups excluding carboxylic acids is 1. The van der Waals surface area contributed by atoms with Gasteiger partial charge in [0.1, 0.15) is 11.6 Å². The van der Waals surface area contributed by atoms with Crippen LogP contribution in [0.4, 0.5) is 10.1 Å². The first kappa shape index (κ1) is 23.0. The van der Waals surface area contributed by atoms with Gasteiger partial charge >= 0.3 is 0 Å². The Morgan fingerprint density at radius 3 is 2.64 bits per heavy atom. The molecular formula is C24H20BrFN4O2S. The molecule has 33 heavy (non-hydrogen) atoms. The summed E-state index contributed by atoms with van der Waals surface area (Å²) >= 11 is 4.37. The van der Waals surface area contributed by atoms with Crippen LogP contribution >= 0.6 is 27.7 Å². The van der Waals surface area contributed by atoms with Gasteiger partial charge in [0.2, 0.25) is 5.91 Å². The van der Waals surface area contributed by atoms with Crippen LogP contribution in [0.3, 0.4) is 0 Å². The molecule has 3 aromatic carbocycles. The molecule has 1 aromatic heterocycles. The SMILES string of the molecule is Cc1ccc(-n2c(SCC(=O)Nc3ccc(Br)cc3F)nnc2-c2ccccc2O)c(C)c1. The largest absolute Gasteiger partial charge is 0.507 e. The number of hydrogen-bond donors (Lipinski definition) is 2. The van der Waals surface area contributed by atoms with Crippen molar-refractivity contribution in [2.45, 2.75) is 19.0 Å². The maximum absolute atomic E-state index is 14.1. The number of thioether (sulfide) groups is 1. The van der Waals surface area contributed by atoms with Gasteiger partial charge in [-0.25, -0.2) is 4.39 Å². The van der Waals surface area contributed by atoms with Crippen LogP contribution in [0.5, 0.6) is 5.75 Å². The van der Waals surface area contributed by atoms with Gasteiger partial charge in [0.05, 0.1) is 22.7 Å². The van der Waals surface area contributed by atoms with Crippen molar-refractivity contribution in [3.05, 3.63) is 82.1 Å². The molecule has 0 aliphatic rings. The number of aromatic nitrogens is 3. The highest BCUT2D eigenvalue weighted by atomic mass is 79.9. The third-order valence-corrected chi connectivity index (χ3v) is 6.33. The predicted molar refractivity (Wildman–Crippen MR) is 131 cm³/mol. The molecule has 0 aliphatic heterocycles. The summed E-state index contributed by atoms with van der Waals surface area (Å²) in [5.74, 6) is -0.361. The number of para-hydroxylation sites is 1. The first-order chi connectivity index (χ1) is 15.8. The summed E-state index contributed by atoms with van der Waals surface area (Å²) in [5, 5.41) is 22.0. The Labute approximate surface area is 203 Å². The van der Waals surface area contributed by atoms with Crippen LogP contribution in [0.2, 0.25) is 0 Å². The van der Waals surface area contributed by atoms with Gasteiger partial charge in [-0.1, -0.05) is 57.5 Å². The maximum Gasteiger partial charge on any atom is 0.234 e. The van der Waals surface area contributed by atoms with Gasteiger partial charge in [-0.2, -0.15) is 0 Å². The molecule has 1 heterocycles. The van der Waals surface area contributed by atoms with Crippen LogP contribution in [0.1, 0.15) is 11.1 Å². The molecule has 9 heteroatoms. The third kappa shape index (κ3) is 5.09. The van der Waals surface area contributed by atoms with Gasteiger partial charge in [-0.05, 0) is 55.8 Å². The Morgan fingerprint density at radius 1 is 1.12 bits per heavy atom. The third-order valence-electron chi connectivity index (χ3n) is 4.91. The number of rotatable bonds is 6. The van der Waals surface area contributed by atoms with E-state index in [0.717, 1.165) is 16.8 Å². The van der Waals surface area contributed by atoms with Crippen molar-refractivity contribution in [2.24, 2.45) is 0 Å². The molecule has 0 saturated carbocycles. The molecule has 1 amide bonds. The van der Waals surface area contributed by atoms with Crippen LogP contribution in [0.25, 0.3) is 17.1 Å². The molecule has 0 aliphatic carbocycles. The monoisotopic (exact) mass is 526 g/mol. The van der Waals surface area contributed by atoms with E-state index in [1.165, 1.54) is 23.9 Å². The fourth-order valence-corrected chi connectivity index (χ4v) is 4.46. The van der Waals surface area contributed by atoms with Crippen LogP contribution in [0, 0.1) is 19.7 Å². The van der Waals surface area contributed by atoms with E-state index in [2.05, 4.69) is 31.4 Å². The smallest absolute Gasteiger partial charge is 0.234 e. The summed E-state index contributed by atoms with van der Waals surface area (Å²) in [6.07, 6.45) is 0. The Kier molecular flexibility index (Phi) is 6.80. The summed E-state index contributed by atoms with van der Waals surface area (Å²) in [6.45, 7) is 3.99. The predicted octanol–water partition coefficient (Wildman–Crippen LogP) is 5.89. The van der Waals surface area contributed by atoms with E-state index in [1.807, 2.05) is 42.7 Å². The van der Waals surface area contributed by atoms with Crippen molar-refractivity contribution >= 4 is 39.3 Å². The number of aromatic hydroxyl groups is 1. The summed E-state index contributed by atoms with van der Waals surface area (Å²) in [7, 11) is 0. The molecule has 0 radical (unpaired) electrons. The van der Waals surface area contributed by atoms with Gasteiger partial charge in [-0.3, -0.25) is 9.36 Å². The number of benzene rings is 3. The zero-order valence-corrected chi connectivity index (χ0v) is 20.2. The van der Waals surface area contributed by atoms with Crippen LogP contribution in [0.15, 0.2) is 70.3 Å². The molecule has 0 spiro atoms. The molecular weight excluding hydrogens is 507 g/mol. The molecule has 4 rings (SSSR count). The maximum atomic E-state index is 14.1. The van der Waals surface area contributed by atoms with E-state index in [1.54, 1.807) is 24.3 Å². The minimum absolute atomic E-state index is 0.000677. The second-order valence-corrected chi connectivity index (χ2v) is 9.27. The molecule has 168 valence electrons. The zero-order chi connectivity index (χ0) is 23.5. The number of nitrogens with zero attached hydrogens (tertiary/aromatic N) is 3. The second kappa shape index (κ2) is 9.76. The highest BCUT2D eigenvalue weighted by molar-refractivity contribution is 9.10. The topological polar surface area (TPSA) is 80.0 Å². The Hall–Kier alpha value is -3.17. The van der Waals surface area contributed by atoms with Crippen LogP contribution in [-0.4, -0.2) is 31.5 Å². The fourth-order valence-electron chi connectivity index (χ4n) is 3.38. The number of carbonyl (C=O) groups is 1. The molecule has 0 unspecified atom stereocenters. The van der Waals surface area contributed by atoms with Crippen molar-refractivity contribution in [1.29, 1.82) is 0 Å². The number of anilines is 1. The van der Waals surface area contributed by atoms with E-state index in [9.17, 15) is 14.3 Å². The first-order valence-corrected chi connectivity index (χ1v) is 11.8. The summed E-state index contributed by atoms with van der Waals surface area (Å²) in [5.41, 5.74) is 3.58. The molecule has 2 N–H and O–H groups in total. The van der Waals surface area contributed by atoms with Gasteiger partial charge in [0, 0.05) is 4.47 Å². The van der Waals surface area contributed by atoms with E-state index < -0.39 is 5.82 Å². The molecule has 0 saturated heterocycles. The van der Waals surface area contributed by atoms with E-state index in [-0.39, 0.29) is 23.1 Å². The van der Waals surface area contributed by atoms with Gasteiger partial charge < -0.3 is 10.4 Å². The Morgan fingerprint density at radius 2 is 1.91 bits per heavy atom. The Balaban J connectivity index is 1.65. The van der Waals surface area contributed by atoms with Crippen LogP contribution in [-0.2, 0) is 4.79 Å². The average Bonchev–Trinajstić information content (AvgIpc) is 3.18. The molecule has 6 nitrogen and oxygen atoms in total. The van der Waals surface area contributed by atoms with Crippen LogP contribution < -0.4 is 5.32 Å². The number of nitrogens with one attached hydrogen (secondary N) is 1. The Bertz CT molecular complexity index is 1340. The van der Waals surface area contributed by atoms with E-state index in [0.29, 0.717) is 21.0 Å². The summed E-state index contributed by atoms with van der Waals surface area (Å²) in [4.78, 5) is 12.5. The van der Waals surface area contributed by atoms with Crippen molar-refractivity contribution < 1.29 is 14.3 Å².